The minimum Gasteiger partial charge on any atom is -0.383 e. The summed E-state index contributed by atoms with van der Waals surface area (Å²) >= 11 is 1.80. The van der Waals surface area contributed by atoms with Crippen molar-refractivity contribution in [2.45, 2.75) is 25.4 Å². The number of amides is 1. The highest BCUT2D eigenvalue weighted by atomic mass is 32.1. The summed E-state index contributed by atoms with van der Waals surface area (Å²) < 4.78 is 5.19. The number of nitrogens with one attached hydrogen (secondary N) is 1. The highest BCUT2D eigenvalue weighted by Gasteiger charge is 2.40. The fraction of sp³-hybridized carbons (Fsp3) is 0.556. The van der Waals surface area contributed by atoms with Crippen LogP contribution in [0.3, 0.4) is 0 Å². The largest absolute Gasteiger partial charge is 0.383 e. The molecule has 1 N–H and O–H groups in total. The van der Waals surface area contributed by atoms with E-state index in [0.29, 0.717) is 25.1 Å². The molecule has 2 aromatic rings. The molecule has 0 saturated carbocycles. The van der Waals surface area contributed by atoms with E-state index in [0.717, 1.165) is 38.2 Å². The third kappa shape index (κ3) is 3.49. The van der Waals surface area contributed by atoms with E-state index < -0.39 is 0 Å². The zero-order valence-electron chi connectivity index (χ0n) is 14.5. The molecule has 5 heterocycles. The van der Waals surface area contributed by atoms with Gasteiger partial charge in [-0.2, -0.15) is 5.10 Å². The molecule has 3 saturated heterocycles. The molecular formula is C18H24N4O2S. The predicted octanol–water partition coefficient (Wildman–Crippen LogP) is 2.21. The SMILES string of the molecule is COCCN1C(=O)[C@H]2CC[C@@H]1CN(Cc1ccc(-c3ccn[nH]3)s1)C2. The quantitative estimate of drug-likeness (QED) is 0.858. The molecule has 2 bridgehead atoms. The van der Waals surface area contributed by atoms with Crippen LogP contribution in [0.1, 0.15) is 17.7 Å². The lowest BCUT2D eigenvalue weighted by molar-refractivity contribution is -0.140. The van der Waals surface area contributed by atoms with Crippen molar-refractivity contribution in [1.82, 2.24) is 20.0 Å². The highest BCUT2D eigenvalue weighted by molar-refractivity contribution is 7.15. The van der Waals surface area contributed by atoms with Gasteiger partial charge in [-0.3, -0.25) is 14.8 Å². The fourth-order valence-corrected chi connectivity index (χ4v) is 4.99. The molecule has 0 aromatic carbocycles. The second-order valence-electron chi connectivity index (χ2n) is 6.88. The maximum absolute atomic E-state index is 12.7. The van der Waals surface area contributed by atoms with Crippen molar-refractivity contribution in [3.63, 3.8) is 0 Å². The van der Waals surface area contributed by atoms with Crippen molar-refractivity contribution in [1.29, 1.82) is 0 Å². The summed E-state index contributed by atoms with van der Waals surface area (Å²) in [6.07, 6.45) is 3.91. The number of H-pyrrole nitrogens is 1. The van der Waals surface area contributed by atoms with Crippen molar-refractivity contribution in [3.05, 3.63) is 29.3 Å². The maximum atomic E-state index is 12.7. The van der Waals surface area contributed by atoms with Gasteiger partial charge >= 0.3 is 0 Å². The van der Waals surface area contributed by atoms with Gasteiger partial charge in [0.1, 0.15) is 0 Å². The Morgan fingerprint density at radius 2 is 2.24 bits per heavy atom. The van der Waals surface area contributed by atoms with Gasteiger partial charge in [0, 0.05) is 50.4 Å². The highest BCUT2D eigenvalue weighted by Crippen LogP contribution is 2.32. The number of carbonyl (C=O) groups is 1. The Balaban J connectivity index is 1.45. The van der Waals surface area contributed by atoms with Crippen molar-refractivity contribution in [2.24, 2.45) is 5.92 Å². The molecule has 3 aliphatic rings. The zero-order valence-corrected chi connectivity index (χ0v) is 15.3. The molecule has 0 radical (unpaired) electrons. The summed E-state index contributed by atoms with van der Waals surface area (Å²) in [4.78, 5) is 19.8. The lowest BCUT2D eigenvalue weighted by Crippen LogP contribution is -2.49. The van der Waals surface area contributed by atoms with Gasteiger partial charge in [-0.1, -0.05) is 0 Å². The van der Waals surface area contributed by atoms with Crippen molar-refractivity contribution < 1.29 is 9.53 Å². The zero-order chi connectivity index (χ0) is 17.2. The van der Waals surface area contributed by atoms with E-state index in [1.807, 2.05) is 6.07 Å². The van der Waals surface area contributed by atoms with Crippen molar-refractivity contribution in [2.75, 3.05) is 33.4 Å². The Morgan fingerprint density at radius 3 is 3.04 bits per heavy atom. The number of nitrogens with zero attached hydrogens (tertiary/aromatic N) is 3. The number of rotatable bonds is 6. The Bertz CT molecular complexity index is 714. The first-order valence-electron chi connectivity index (χ1n) is 8.85. The Labute approximate surface area is 151 Å². The molecule has 25 heavy (non-hydrogen) atoms. The monoisotopic (exact) mass is 360 g/mol. The number of aromatic amines is 1. The minimum absolute atomic E-state index is 0.141. The van der Waals surface area contributed by atoms with Gasteiger partial charge in [0.2, 0.25) is 5.91 Å². The molecule has 3 fully saturated rings. The number of carbonyl (C=O) groups excluding carboxylic acids is 1. The van der Waals surface area contributed by atoms with Gasteiger partial charge in [-0.15, -0.1) is 11.3 Å². The van der Waals surface area contributed by atoms with E-state index in [4.69, 9.17) is 4.74 Å². The summed E-state index contributed by atoms with van der Waals surface area (Å²) in [5.74, 6) is 0.461. The van der Waals surface area contributed by atoms with Gasteiger partial charge in [-0.05, 0) is 31.0 Å². The first kappa shape index (κ1) is 16.8. The van der Waals surface area contributed by atoms with Crippen LogP contribution in [-0.2, 0) is 16.1 Å². The smallest absolute Gasteiger partial charge is 0.227 e. The van der Waals surface area contributed by atoms with Crippen LogP contribution in [0.4, 0.5) is 0 Å². The second-order valence-corrected chi connectivity index (χ2v) is 8.05. The van der Waals surface area contributed by atoms with Gasteiger partial charge in [0.15, 0.2) is 0 Å². The molecule has 2 atom stereocenters. The molecule has 6 nitrogen and oxygen atoms in total. The topological polar surface area (TPSA) is 61.5 Å². The van der Waals surface area contributed by atoms with E-state index in [-0.39, 0.29) is 5.92 Å². The van der Waals surface area contributed by atoms with Crippen LogP contribution in [0.2, 0.25) is 0 Å². The summed E-state index contributed by atoms with van der Waals surface area (Å²) in [7, 11) is 1.70. The lowest BCUT2D eigenvalue weighted by atomic mass is 9.94. The normalized spacial score (nSPS) is 24.0. The average molecular weight is 360 g/mol. The van der Waals surface area contributed by atoms with Gasteiger partial charge in [-0.25, -0.2) is 0 Å². The van der Waals surface area contributed by atoms with Gasteiger partial charge < -0.3 is 9.64 Å². The van der Waals surface area contributed by atoms with Crippen LogP contribution in [-0.4, -0.2) is 65.3 Å². The first-order chi connectivity index (χ1) is 12.2. The molecule has 3 aliphatic heterocycles. The number of piperidine rings is 1. The molecular weight excluding hydrogens is 336 g/mol. The van der Waals surface area contributed by atoms with Crippen LogP contribution < -0.4 is 0 Å². The maximum Gasteiger partial charge on any atom is 0.227 e. The molecule has 0 aliphatic carbocycles. The van der Waals surface area contributed by atoms with E-state index in [2.05, 4.69) is 32.1 Å². The molecule has 134 valence electrons. The molecule has 5 rings (SSSR count). The summed E-state index contributed by atoms with van der Waals surface area (Å²) in [5.41, 5.74) is 1.06. The van der Waals surface area contributed by atoms with Gasteiger partial charge in [0.05, 0.1) is 23.1 Å². The minimum atomic E-state index is 0.141. The van der Waals surface area contributed by atoms with E-state index in [1.165, 1.54) is 9.75 Å². The number of ether oxygens (including phenoxy) is 1. The number of hydrogen-bond acceptors (Lipinski definition) is 5. The molecule has 2 aromatic heterocycles. The van der Waals surface area contributed by atoms with Crippen LogP contribution in [0.5, 0.6) is 0 Å². The Morgan fingerprint density at radius 1 is 1.32 bits per heavy atom. The summed E-state index contributed by atoms with van der Waals surface area (Å²) in [5, 5.41) is 7.04. The summed E-state index contributed by atoms with van der Waals surface area (Å²) in [6.45, 7) is 4.08. The van der Waals surface area contributed by atoms with E-state index >= 15 is 0 Å². The first-order valence-corrected chi connectivity index (χ1v) is 9.66. The fourth-order valence-electron chi connectivity index (χ4n) is 3.96. The predicted molar refractivity (Wildman–Crippen MR) is 97.3 cm³/mol. The number of methoxy groups -OCH3 is 1. The third-order valence-electron chi connectivity index (χ3n) is 5.21. The number of fused-ring (bicyclic) bond motifs is 4. The van der Waals surface area contributed by atoms with E-state index in [1.54, 1.807) is 24.6 Å². The average Bonchev–Trinajstić information content (AvgIpc) is 3.22. The van der Waals surface area contributed by atoms with Crippen LogP contribution in [0, 0.1) is 5.92 Å². The van der Waals surface area contributed by atoms with Gasteiger partial charge in [0.25, 0.3) is 0 Å². The Kier molecular flexibility index (Phi) is 4.87. The van der Waals surface area contributed by atoms with Crippen molar-refractivity contribution in [3.8, 4) is 10.6 Å². The molecule has 1 amide bonds. The molecule has 0 unspecified atom stereocenters. The standard InChI is InChI=1S/C18H24N4O2S/c1-24-9-8-22-14-3-2-13(18(22)23)10-21(11-14)12-15-4-5-17(25-15)16-6-7-19-20-16/h4-7,13-14H,2-3,8-12H2,1H3,(H,19,20)/t13-,14+/m0/s1. The Hall–Kier alpha value is -1.70. The number of hydrogen-bond donors (Lipinski definition) is 1. The summed E-state index contributed by atoms with van der Waals surface area (Å²) in [6, 6.07) is 6.66. The number of thiophene rings is 1. The number of aromatic nitrogens is 2. The van der Waals surface area contributed by atoms with E-state index in [9.17, 15) is 4.79 Å². The lowest BCUT2D eigenvalue weighted by Gasteiger charge is -2.35. The molecule has 0 spiro atoms. The second kappa shape index (κ2) is 7.27. The molecule has 7 heteroatoms. The van der Waals surface area contributed by atoms with Crippen molar-refractivity contribution >= 4 is 17.2 Å². The van der Waals surface area contributed by atoms with Crippen LogP contribution >= 0.6 is 11.3 Å². The third-order valence-corrected chi connectivity index (χ3v) is 6.32. The van der Waals surface area contributed by atoms with Crippen LogP contribution in [0.25, 0.3) is 10.6 Å². The van der Waals surface area contributed by atoms with Crippen LogP contribution in [0.15, 0.2) is 24.4 Å².